The van der Waals surface area contributed by atoms with Gasteiger partial charge in [0.2, 0.25) is 5.82 Å². The molecular formula is C10H11BrF2O2. The molecule has 0 radical (unpaired) electrons. The fourth-order valence-corrected chi connectivity index (χ4v) is 1.89. The number of rotatable bonds is 3. The van der Waals surface area contributed by atoms with Crippen LogP contribution in [0.2, 0.25) is 0 Å². The highest BCUT2D eigenvalue weighted by Crippen LogP contribution is 2.32. The smallest absolute Gasteiger partial charge is 0.202 e. The molecule has 0 aromatic heterocycles. The number of hydrogen-bond acceptors (Lipinski definition) is 2. The Balaban J connectivity index is 3.21. The third kappa shape index (κ3) is 2.66. The van der Waals surface area contributed by atoms with Gasteiger partial charge in [0.15, 0.2) is 11.6 Å². The van der Waals surface area contributed by atoms with E-state index >= 15 is 0 Å². The molecule has 1 aromatic carbocycles. The maximum Gasteiger partial charge on any atom is 0.202 e. The summed E-state index contributed by atoms with van der Waals surface area (Å²) in [7, 11) is 1.26. The molecule has 1 N–H and O–H groups in total. The van der Waals surface area contributed by atoms with Crippen molar-refractivity contribution < 1.29 is 18.6 Å². The van der Waals surface area contributed by atoms with Crippen molar-refractivity contribution in [3.63, 3.8) is 0 Å². The van der Waals surface area contributed by atoms with Crippen LogP contribution in [-0.4, -0.2) is 18.3 Å². The highest BCUT2D eigenvalue weighted by Gasteiger charge is 2.18. The summed E-state index contributed by atoms with van der Waals surface area (Å²) >= 11 is 3.07. The van der Waals surface area contributed by atoms with Crippen LogP contribution in [0, 0.1) is 11.6 Å². The van der Waals surface area contributed by atoms with Gasteiger partial charge in [0, 0.05) is 6.42 Å². The van der Waals surface area contributed by atoms with E-state index in [-0.39, 0.29) is 17.7 Å². The van der Waals surface area contributed by atoms with Gasteiger partial charge in [-0.25, -0.2) is 4.39 Å². The van der Waals surface area contributed by atoms with E-state index in [0.29, 0.717) is 4.47 Å². The van der Waals surface area contributed by atoms with Gasteiger partial charge in [0.05, 0.1) is 17.7 Å². The largest absolute Gasteiger partial charge is 0.492 e. The molecule has 5 heteroatoms. The maximum absolute atomic E-state index is 13.4. The first-order valence-electron chi connectivity index (χ1n) is 4.35. The van der Waals surface area contributed by atoms with Crippen LogP contribution in [0.3, 0.4) is 0 Å². The maximum atomic E-state index is 13.4. The lowest BCUT2D eigenvalue weighted by Gasteiger charge is -2.11. The third-order valence-corrected chi connectivity index (χ3v) is 2.50. The van der Waals surface area contributed by atoms with Gasteiger partial charge in [-0.3, -0.25) is 0 Å². The summed E-state index contributed by atoms with van der Waals surface area (Å²) in [5.41, 5.74) is 0.121. The van der Waals surface area contributed by atoms with Gasteiger partial charge in [0.25, 0.3) is 0 Å². The van der Waals surface area contributed by atoms with Gasteiger partial charge in [0.1, 0.15) is 0 Å². The summed E-state index contributed by atoms with van der Waals surface area (Å²) in [5.74, 6) is -2.18. The third-order valence-electron chi connectivity index (χ3n) is 1.91. The Hall–Kier alpha value is -0.680. The molecule has 2 nitrogen and oxygen atoms in total. The van der Waals surface area contributed by atoms with Crippen LogP contribution in [-0.2, 0) is 6.42 Å². The Morgan fingerprint density at radius 1 is 1.47 bits per heavy atom. The van der Waals surface area contributed by atoms with Crippen LogP contribution in [0.15, 0.2) is 10.5 Å². The Morgan fingerprint density at radius 2 is 2.07 bits per heavy atom. The number of aliphatic hydroxyl groups excluding tert-OH is 1. The lowest BCUT2D eigenvalue weighted by molar-refractivity contribution is 0.193. The van der Waals surface area contributed by atoms with Gasteiger partial charge < -0.3 is 9.84 Å². The Bertz CT molecular complexity index is 367. The van der Waals surface area contributed by atoms with Crippen molar-refractivity contribution in [1.82, 2.24) is 0 Å². The number of hydrogen-bond donors (Lipinski definition) is 1. The number of benzene rings is 1. The van der Waals surface area contributed by atoms with Gasteiger partial charge in [-0.2, -0.15) is 4.39 Å². The van der Waals surface area contributed by atoms with E-state index in [4.69, 9.17) is 9.84 Å². The Labute approximate surface area is 95.0 Å². The molecule has 0 saturated heterocycles. The molecule has 1 rings (SSSR count). The topological polar surface area (TPSA) is 29.5 Å². The van der Waals surface area contributed by atoms with Gasteiger partial charge in [-0.1, -0.05) is 0 Å². The molecule has 0 fully saturated rings. The minimum absolute atomic E-state index is 0.0609. The number of halogens is 3. The van der Waals surface area contributed by atoms with E-state index in [1.807, 2.05) is 0 Å². The average Bonchev–Trinajstić information content (AvgIpc) is 2.14. The van der Waals surface area contributed by atoms with Crippen LogP contribution < -0.4 is 4.74 Å². The van der Waals surface area contributed by atoms with Crippen molar-refractivity contribution in [2.24, 2.45) is 0 Å². The molecule has 0 spiro atoms. The van der Waals surface area contributed by atoms with E-state index in [1.165, 1.54) is 20.1 Å². The molecule has 0 aliphatic rings. The summed E-state index contributed by atoms with van der Waals surface area (Å²) in [6.45, 7) is 1.51. The molecule has 0 amide bonds. The van der Waals surface area contributed by atoms with Crippen molar-refractivity contribution >= 4 is 15.9 Å². The summed E-state index contributed by atoms with van der Waals surface area (Å²) in [4.78, 5) is 0. The lowest BCUT2D eigenvalue weighted by atomic mass is 10.1. The lowest BCUT2D eigenvalue weighted by Crippen LogP contribution is -2.08. The first-order valence-corrected chi connectivity index (χ1v) is 5.15. The normalized spacial score (nSPS) is 12.7. The van der Waals surface area contributed by atoms with Crippen molar-refractivity contribution in [3.05, 3.63) is 27.7 Å². The standard InChI is InChI=1S/C10H11BrF2O2/c1-5(14)3-6-4-7(11)10(15-2)9(13)8(6)12/h4-5,14H,3H2,1-2H3. The molecule has 0 aliphatic heterocycles. The highest BCUT2D eigenvalue weighted by atomic mass is 79.9. The second kappa shape index (κ2) is 4.90. The van der Waals surface area contributed by atoms with Crippen LogP contribution in [0.1, 0.15) is 12.5 Å². The van der Waals surface area contributed by atoms with Crippen LogP contribution in [0.5, 0.6) is 5.75 Å². The second-order valence-corrected chi connectivity index (χ2v) is 4.09. The van der Waals surface area contributed by atoms with Gasteiger partial charge in [-0.15, -0.1) is 0 Å². The van der Waals surface area contributed by atoms with E-state index in [2.05, 4.69) is 15.9 Å². The predicted octanol–water partition coefficient (Wildman–Crippen LogP) is 2.66. The zero-order chi connectivity index (χ0) is 11.6. The fourth-order valence-electron chi connectivity index (χ4n) is 1.28. The van der Waals surface area contributed by atoms with Crippen LogP contribution in [0.25, 0.3) is 0 Å². The molecule has 15 heavy (non-hydrogen) atoms. The number of ether oxygens (including phenoxy) is 1. The SMILES string of the molecule is COc1c(Br)cc(CC(C)O)c(F)c1F. The molecular weight excluding hydrogens is 270 g/mol. The molecule has 0 aliphatic carbocycles. The first kappa shape index (κ1) is 12.4. The van der Waals surface area contributed by atoms with Crippen LogP contribution in [0.4, 0.5) is 8.78 Å². The average molecular weight is 281 g/mol. The summed E-state index contributed by atoms with van der Waals surface area (Å²) in [6.07, 6.45) is -0.662. The summed E-state index contributed by atoms with van der Waals surface area (Å²) in [6, 6.07) is 1.41. The van der Waals surface area contributed by atoms with Crippen molar-refractivity contribution in [2.75, 3.05) is 7.11 Å². The van der Waals surface area contributed by atoms with E-state index in [0.717, 1.165) is 0 Å². The Kier molecular flexibility index (Phi) is 4.04. The molecule has 1 atom stereocenters. The van der Waals surface area contributed by atoms with E-state index < -0.39 is 17.7 Å². The number of aliphatic hydroxyl groups is 1. The van der Waals surface area contributed by atoms with Gasteiger partial charge in [-0.05, 0) is 34.5 Å². The van der Waals surface area contributed by atoms with Crippen molar-refractivity contribution in [1.29, 1.82) is 0 Å². The zero-order valence-electron chi connectivity index (χ0n) is 8.35. The molecule has 0 saturated carbocycles. The summed E-state index contributed by atoms with van der Waals surface area (Å²) in [5, 5.41) is 9.10. The quantitative estimate of drug-likeness (QED) is 0.863. The van der Waals surface area contributed by atoms with Crippen molar-refractivity contribution in [3.8, 4) is 5.75 Å². The Morgan fingerprint density at radius 3 is 2.53 bits per heavy atom. The van der Waals surface area contributed by atoms with Gasteiger partial charge >= 0.3 is 0 Å². The molecule has 0 heterocycles. The van der Waals surface area contributed by atoms with Crippen molar-refractivity contribution in [2.45, 2.75) is 19.4 Å². The molecule has 1 unspecified atom stereocenters. The molecule has 1 aromatic rings. The predicted molar refractivity (Wildman–Crippen MR) is 56.0 cm³/mol. The second-order valence-electron chi connectivity index (χ2n) is 3.23. The highest BCUT2D eigenvalue weighted by molar-refractivity contribution is 9.10. The number of methoxy groups -OCH3 is 1. The fraction of sp³-hybridized carbons (Fsp3) is 0.400. The molecule has 84 valence electrons. The first-order chi connectivity index (χ1) is 6.97. The minimum Gasteiger partial charge on any atom is -0.492 e. The monoisotopic (exact) mass is 280 g/mol. The zero-order valence-corrected chi connectivity index (χ0v) is 9.94. The van der Waals surface area contributed by atoms with E-state index in [1.54, 1.807) is 0 Å². The minimum atomic E-state index is -1.04. The summed E-state index contributed by atoms with van der Waals surface area (Å²) < 4.78 is 31.8. The van der Waals surface area contributed by atoms with Crippen LogP contribution >= 0.6 is 15.9 Å². The van der Waals surface area contributed by atoms with E-state index in [9.17, 15) is 8.78 Å². The molecule has 0 bridgehead atoms.